The highest BCUT2D eigenvalue weighted by atomic mass is 16.2. The number of allylic oxidation sites excluding steroid dienone is 1. The molecule has 2 aliphatic carbocycles. The van der Waals surface area contributed by atoms with Crippen molar-refractivity contribution in [2.45, 2.75) is 50.6 Å². The molecule has 1 atom stereocenters. The Morgan fingerprint density at radius 3 is 2.57 bits per heavy atom. The number of amides is 4. The highest BCUT2D eigenvalue weighted by molar-refractivity contribution is 6.25. The van der Waals surface area contributed by atoms with Crippen LogP contribution in [0.15, 0.2) is 36.7 Å². The van der Waals surface area contributed by atoms with Gasteiger partial charge in [0.2, 0.25) is 11.8 Å². The average molecular weight is 569 g/mol. The minimum atomic E-state index is -0.986. The molecule has 3 fully saturated rings. The van der Waals surface area contributed by atoms with E-state index in [0.29, 0.717) is 46.4 Å². The number of rotatable bonds is 10. The number of hydrogen-bond donors (Lipinski definition) is 6. The number of pyridine rings is 1. The van der Waals surface area contributed by atoms with Gasteiger partial charge in [0.1, 0.15) is 6.04 Å². The van der Waals surface area contributed by atoms with E-state index in [1.54, 1.807) is 30.5 Å². The summed E-state index contributed by atoms with van der Waals surface area (Å²) in [7, 11) is 0. The molecule has 1 saturated heterocycles. The summed E-state index contributed by atoms with van der Waals surface area (Å²) in [6.45, 7) is 0.680. The van der Waals surface area contributed by atoms with Crippen LogP contribution in [0.2, 0.25) is 0 Å². The Bertz CT molecular complexity index is 1560. The van der Waals surface area contributed by atoms with Crippen molar-refractivity contribution in [1.29, 1.82) is 10.8 Å². The largest absolute Gasteiger partial charge is 0.398 e. The van der Waals surface area contributed by atoms with Crippen LogP contribution in [0, 0.1) is 22.7 Å². The van der Waals surface area contributed by atoms with Gasteiger partial charge in [0.15, 0.2) is 0 Å². The number of nitrogens with two attached hydrogens (primary N) is 1. The molecule has 12 heteroatoms. The zero-order chi connectivity index (χ0) is 29.5. The van der Waals surface area contributed by atoms with Gasteiger partial charge in [-0.05, 0) is 62.3 Å². The molecule has 7 N–H and O–H groups in total. The van der Waals surface area contributed by atoms with Crippen LogP contribution in [0.25, 0.3) is 5.57 Å². The van der Waals surface area contributed by atoms with Crippen LogP contribution in [-0.2, 0) is 9.59 Å². The first-order valence-electron chi connectivity index (χ1n) is 14.1. The molecule has 4 aliphatic rings. The first kappa shape index (κ1) is 27.3. The van der Waals surface area contributed by atoms with Crippen LogP contribution in [-0.4, -0.2) is 64.1 Å². The van der Waals surface area contributed by atoms with E-state index < -0.39 is 29.7 Å². The van der Waals surface area contributed by atoms with E-state index in [9.17, 15) is 19.2 Å². The quantitative estimate of drug-likeness (QED) is 0.186. The lowest BCUT2D eigenvalue weighted by molar-refractivity contribution is -0.136. The van der Waals surface area contributed by atoms with Gasteiger partial charge < -0.3 is 27.2 Å². The van der Waals surface area contributed by atoms with Crippen molar-refractivity contribution < 1.29 is 19.2 Å². The van der Waals surface area contributed by atoms with E-state index >= 15 is 0 Å². The fraction of sp³-hybridized carbons (Fsp3) is 0.367. The van der Waals surface area contributed by atoms with Crippen LogP contribution in [0.1, 0.15) is 70.5 Å². The molecule has 3 heterocycles. The second-order valence-electron chi connectivity index (χ2n) is 11.3. The fourth-order valence-corrected chi connectivity index (χ4v) is 5.80. The number of fused-ring (bicyclic) bond motifs is 1. The summed E-state index contributed by atoms with van der Waals surface area (Å²) in [6, 6.07) is 5.90. The zero-order valence-corrected chi connectivity index (χ0v) is 22.9. The number of anilines is 2. The molecule has 1 aromatic carbocycles. The smallest absolute Gasteiger partial charge is 0.262 e. The van der Waals surface area contributed by atoms with E-state index in [4.69, 9.17) is 16.6 Å². The molecule has 0 radical (unpaired) electrons. The molecule has 0 unspecified atom stereocenters. The normalized spacial score (nSPS) is 23.7. The number of nitrogen functional groups attached to an aromatic ring is 1. The number of benzene rings is 1. The molecule has 42 heavy (non-hydrogen) atoms. The van der Waals surface area contributed by atoms with Gasteiger partial charge in [-0.3, -0.25) is 34.4 Å². The maximum absolute atomic E-state index is 13.1. The number of carbonyl (C=O) groups is 4. The van der Waals surface area contributed by atoms with Gasteiger partial charge in [-0.1, -0.05) is 0 Å². The second-order valence-corrected chi connectivity index (χ2v) is 11.3. The summed E-state index contributed by atoms with van der Waals surface area (Å²) in [5.41, 5.74) is 9.99. The first-order valence-corrected chi connectivity index (χ1v) is 14.1. The third-order valence-electron chi connectivity index (χ3n) is 8.43. The van der Waals surface area contributed by atoms with E-state index in [1.165, 1.54) is 6.21 Å². The van der Waals surface area contributed by atoms with Gasteiger partial charge in [0, 0.05) is 71.8 Å². The van der Waals surface area contributed by atoms with Crippen molar-refractivity contribution in [3.8, 4) is 0 Å². The molecule has 1 aromatic heterocycles. The van der Waals surface area contributed by atoms with Crippen LogP contribution in [0.3, 0.4) is 0 Å². The summed E-state index contributed by atoms with van der Waals surface area (Å²) in [6.07, 6.45) is 8.60. The number of hydrogen-bond acceptors (Lipinski definition) is 10. The minimum absolute atomic E-state index is 0.0800. The number of nitrogens with one attached hydrogen (secondary N) is 5. The average Bonchev–Trinajstić information content (AvgIpc) is 3.77. The lowest BCUT2D eigenvalue weighted by Crippen LogP contribution is -2.54. The fourth-order valence-electron chi connectivity index (χ4n) is 5.80. The van der Waals surface area contributed by atoms with Gasteiger partial charge in [0.25, 0.3) is 11.8 Å². The minimum Gasteiger partial charge on any atom is -0.398 e. The van der Waals surface area contributed by atoms with Gasteiger partial charge in [-0.25, -0.2) is 0 Å². The molecule has 2 saturated carbocycles. The second kappa shape index (κ2) is 10.8. The predicted octanol–water partition coefficient (Wildman–Crippen LogP) is 2.31. The van der Waals surface area contributed by atoms with Gasteiger partial charge in [0.05, 0.1) is 16.8 Å². The van der Waals surface area contributed by atoms with Crippen molar-refractivity contribution >= 4 is 52.5 Å². The molecule has 216 valence electrons. The highest BCUT2D eigenvalue weighted by Gasteiger charge is 2.44. The maximum Gasteiger partial charge on any atom is 0.262 e. The molecule has 6 rings (SSSR count). The van der Waals surface area contributed by atoms with Crippen molar-refractivity contribution in [2.24, 2.45) is 11.8 Å². The number of nitrogens with zero attached hydrogens (tertiary/aromatic N) is 2. The van der Waals surface area contributed by atoms with E-state index in [-0.39, 0.29) is 35.9 Å². The summed E-state index contributed by atoms with van der Waals surface area (Å²) in [4.78, 5) is 55.2. The number of imide groups is 2. The van der Waals surface area contributed by atoms with Crippen molar-refractivity contribution in [2.75, 3.05) is 17.6 Å². The monoisotopic (exact) mass is 568 g/mol. The molecule has 4 amide bonds. The standard InChI is InChI=1S/C30H32N8O4/c31-12-21-23(32)7-8-34-27(21)22(26(33)16-1-2-16)14-36-18-9-15(10-18)13-35-17-3-4-19-20(11-17)30(42)38(29(19)41)24-5-6-25(39)37-28(24)40/h3-4,7-8,11-12,14-16,18,24,31,33,35-36H,1-2,5-6,9-10,13H2,(H2,32,34)(H,37,39,40)/b22-14+,31-12?,33-26?/t15?,18?,24-/m1/s1. The third-order valence-corrected chi connectivity index (χ3v) is 8.43. The molecule has 2 aromatic rings. The van der Waals surface area contributed by atoms with Crippen molar-refractivity contribution in [3.63, 3.8) is 0 Å². The summed E-state index contributed by atoms with van der Waals surface area (Å²) in [5, 5.41) is 25.5. The van der Waals surface area contributed by atoms with Crippen LogP contribution in [0.5, 0.6) is 0 Å². The Kier molecular flexibility index (Phi) is 7.05. The Morgan fingerprint density at radius 2 is 1.86 bits per heavy atom. The van der Waals surface area contributed by atoms with Gasteiger partial charge in [-0.2, -0.15) is 0 Å². The van der Waals surface area contributed by atoms with Gasteiger partial charge >= 0.3 is 0 Å². The van der Waals surface area contributed by atoms with Gasteiger partial charge in [-0.15, -0.1) is 0 Å². The predicted molar refractivity (Wildman–Crippen MR) is 156 cm³/mol. The molecule has 0 spiro atoms. The summed E-state index contributed by atoms with van der Waals surface area (Å²) >= 11 is 0. The topological polar surface area (TPSA) is 194 Å². The third kappa shape index (κ3) is 5.04. The maximum atomic E-state index is 13.1. The summed E-state index contributed by atoms with van der Waals surface area (Å²) < 4.78 is 0. The Balaban J connectivity index is 1.06. The molecule has 2 aliphatic heterocycles. The number of aromatic nitrogens is 1. The molecular formula is C30H32N8O4. The van der Waals surface area contributed by atoms with E-state index in [1.807, 2.05) is 6.20 Å². The van der Waals surface area contributed by atoms with E-state index in [0.717, 1.165) is 30.6 Å². The zero-order valence-electron chi connectivity index (χ0n) is 22.9. The lowest BCUT2D eigenvalue weighted by atomic mass is 9.80. The molecule has 12 nitrogen and oxygen atoms in total. The van der Waals surface area contributed by atoms with Crippen LogP contribution >= 0.6 is 0 Å². The Morgan fingerprint density at radius 1 is 1.10 bits per heavy atom. The lowest BCUT2D eigenvalue weighted by Gasteiger charge is -2.36. The van der Waals surface area contributed by atoms with Crippen LogP contribution in [0.4, 0.5) is 11.4 Å². The number of piperidine rings is 1. The number of carbonyl (C=O) groups excluding carboxylic acids is 4. The Labute approximate surface area is 242 Å². The molecule has 0 bridgehead atoms. The Hall–Kier alpha value is -4.87. The van der Waals surface area contributed by atoms with Crippen LogP contribution < -0.4 is 21.7 Å². The first-order chi connectivity index (χ1) is 20.2. The SMILES string of the molecule is N=Cc1c(N)ccnc1/C(=C/NC1CC(CNc2ccc3c(c2)C(=O)N([C@@H]2CCC(=O)NC2=O)C3=O)C1)C(=N)C1CC1. The summed E-state index contributed by atoms with van der Waals surface area (Å²) in [5.74, 6) is -1.48. The molecular weight excluding hydrogens is 536 g/mol. The van der Waals surface area contributed by atoms with E-state index in [2.05, 4.69) is 20.9 Å². The highest BCUT2D eigenvalue weighted by Crippen LogP contribution is 2.37. The van der Waals surface area contributed by atoms with Crippen molar-refractivity contribution in [1.82, 2.24) is 20.5 Å². The van der Waals surface area contributed by atoms with Crippen molar-refractivity contribution in [3.05, 3.63) is 59.0 Å².